The van der Waals surface area contributed by atoms with Crippen molar-refractivity contribution >= 4 is 11.0 Å². The number of rotatable bonds is 3. The summed E-state index contributed by atoms with van der Waals surface area (Å²) < 4.78 is 0. The molecule has 1 aromatic heterocycles. The highest BCUT2D eigenvalue weighted by Gasteiger charge is 2.02. The summed E-state index contributed by atoms with van der Waals surface area (Å²) in [5.74, 6) is 0.794. The molecule has 2 aromatic rings. The van der Waals surface area contributed by atoms with Crippen LogP contribution in [0.4, 0.5) is 0 Å². The highest BCUT2D eigenvalue weighted by molar-refractivity contribution is 5.76. The fourth-order valence-corrected chi connectivity index (χ4v) is 1.48. The summed E-state index contributed by atoms with van der Waals surface area (Å²) in [7, 11) is 1.92. The number of nitrogens with zero attached hydrogens (tertiary/aromatic N) is 3. The number of nitrogens with one attached hydrogen (secondary N) is 1. The zero-order valence-electron chi connectivity index (χ0n) is 8.99. The van der Waals surface area contributed by atoms with Crippen molar-refractivity contribution < 1.29 is 0 Å². The van der Waals surface area contributed by atoms with E-state index in [-0.39, 0.29) is 0 Å². The second kappa shape index (κ2) is 4.31. The fraction of sp³-hybridized carbons (Fsp3) is 0.364. The average Bonchev–Trinajstić information content (AvgIpc) is 2.26. The summed E-state index contributed by atoms with van der Waals surface area (Å²) in [6.07, 6.45) is 0.813. The van der Waals surface area contributed by atoms with E-state index in [1.165, 1.54) is 0 Å². The van der Waals surface area contributed by atoms with Crippen molar-refractivity contribution in [3.8, 4) is 0 Å². The van der Waals surface area contributed by atoms with E-state index in [9.17, 15) is 0 Å². The van der Waals surface area contributed by atoms with Gasteiger partial charge in [-0.05, 0) is 25.6 Å². The molecular formula is C11H14N4. The maximum atomic E-state index is 4.46. The Morgan fingerprint density at radius 2 is 2.13 bits per heavy atom. The standard InChI is InChI=1S/C11H14N4/c1-8-4-3-5-9-11(8)15-14-10(13-9)6-7-12-2/h3-5,12H,6-7H2,1-2H3. The van der Waals surface area contributed by atoms with E-state index < -0.39 is 0 Å². The van der Waals surface area contributed by atoms with Crippen LogP contribution in [0.2, 0.25) is 0 Å². The normalized spacial score (nSPS) is 10.8. The van der Waals surface area contributed by atoms with Gasteiger partial charge in [-0.25, -0.2) is 4.98 Å². The van der Waals surface area contributed by atoms with E-state index in [2.05, 4.69) is 20.5 Å². The molecular weight excluding hydrogens is 188 g/mol. The lowest BCUT2D eigenvalue weighted by atomic mass is 10.2. The fourth-order valence-electron chi connectivity index (χ4n) is 1.48. The summed E-state index contributed by atoms with van der Waals surface area (Å²) in [4.78, 5) is 4.46. The van der Waals surface area contributed by atoms with Crippen molar-refractivity contribution in [1.29, 1.82) is 0 Å². The number of likely N-dealkylation sites (N-methyl/N-ethyl adjacent to an activating group) is 1. The molecule has 0 aliphatic carbocycles. The molecule has 0 fully saturated rings. The second-order valence-corrected chi connectivity index (χ2v) is 3.52. The molecule has 4 heteroatoms. The summed E-state index contributed by atoms with van der Waals surface area (Å²) >= 11 is 0. The molecule has 0 aliphatic rings. The molecule has 0 atom stereocenters. The Kier molecular flexibility index (Phi) is 2.87. The molecule has 0 saturated heterocycles. The van der Waals surface area contributed by atoms with Crippen molar-refractivity contribution in [3.63, 3.8) is 0 Å². The summed E-state index contributed by atoms with van der Waals surface area (Å²) in [6, 6.07) is 5.99. The third-order valence-corrected chi connectivity index (χ3v) is 2.33. The monoisotopic (exact) mass is 202 g/mol. The van der Waals surface area contributed by atoms with Crippen molar-refractivity contribution in [2.24, 2.45) is 0 Å². The molecule has 15 heavy (non-hydrogen) atoms. The molecule has 1 heterocycles. The van der Waals surface area contributed by atoms with Crippen molar-refractivity contribution in [3.05, 3.63) is 29.6 Å². The van der Waals surface area contributed by atoms with E-state index in [1.54, 1.807) is 0 Å². The zero-order chi connectivity index (χ0) is 10.7. The van der Waals surface area contributed by atoms with Crippen LogP contribution < -0.4 is 5.32 Å². The highest BCUT2D eigenvalue weighted by Crippen LogP contribution is 2.12. The minimum Gasteiger partial charge on any atom is -0.319 e. The van der Waals surface area contributed by atoms with E-state index in [4.69, 9.17) is 0 Å². The largest absolute Gasteiger partial charge is 0.319 e. The van der Waals surface area contributed by atoms with E-state index in [0.717, 1.165) is 35.4 Å². The van der Waals surface area contributed by atoms with Crippen LogP contribution >= 0.6 is 0 Å². The van der Waals surface area contributed by atoms with Gasteiger partial charge in [-0.2, -0.15) is 0 Å². The Balaban J connectivity index is 2.39. The first-order valence-corrected chi connectivity index (χ1v) is 5.05. The van der Waals surface area contributed by atoms with Crippen LogP contribution in [-0.4, -0.2) is 28.8 Å². The van der Waals surface area contributed by atoms with Gasteiger partial charge < -0.3 is 5.32 Å². The van der Waals surface area contributed by atoms with Crippen molar-refractivity contribution in [2.45, 2.75) is 13.3 Å². The Hall–Kier alpha value is -1.55. The summed E-state index contributed by atoms with van der Waals surface area (Å²) in [5.41, 5.74) is 2.94. The Morgan fingerprint density at radius 3 is 2.93 bits per heavy atom. The second-order valence-electron chi connectivity index (χ2n) is 3.52. The van der Waals surface area contributed by atoms with Gasteiger partial charge >= 0.3 is 0 Å². The molecule has 0 unspecified atom stereocenters. The van der Waals surface area contributed by atoms with Gasteiger partial charge in [-0.1, -0.05) is 12.1 Å². The van der Waals surface area contributed by atoms with E-state index >= 15 is 0 Å². The summed E-state index contributed by atoms with van der Waals surface area (Å²) in [6.45, 7) is 2.89. The molecule has 2 rings (SSSR count). The topological polar surface area (TPSA) is 50.7 Å². The van der Waals surface area contributed by atoms with E-state index in [0.29, 0.717) is 0 Å². The van der Waals surface area contributed by atoms with Crippen molar-refractivity contribution in [2.75, 3.05) is 13.6 Å². The number of hydrogen-bond donors (Lipinski definition) is 1. The Labute approximate surface area is 88.8 Å². The molecule has 0 amide bonds. The van der Waals surface area contributed by atoms with Crippen molar-refractivity contribution in [1.82, 2.24) is 20.5 Å². The Morgan fingerprint density at radius 1 is 1.27 bits per heavy atom. The lowest BCUT2D eigenvalue weighted by Gasteiger charge is -2.02. The first-order chi connectivity index (χ1) is 7.31. The van der Waals surface area contributed by atoms with Gasteiger partial charge in [0.05, 0.1) is 5.52 Å². The van der Waals surface area contributed by atoms with Crippen LogP contribution in [0, 0.1) is 6.92 Å². The molecule has 4 nitrogen and oxygen atoms in total. The van der Waals surface area contributed by atoms with Crippen LogP contribution in [0.25, 0.3) is 11.0 Å². The first-order valence-electron chi connectivity index (χ1n) is 5.05. The van der Waals surface area contributed by atoms with Crippen LogP contribution in [0.1, 0.15) is 11.4 Å². The molecule has 0 bridgehead atoms. The maximum absolute atomic E-state index is 4.46. The first kappa shape index (κ1) is 9.98. The summed E-state index contributed by atoms with van der Waals surface area (Å²) in [5, 5.41) is 11.4. The minimum absolute atomic E-state index is 0.794. The molecule has 0 radical (unpaired) electrons. The predicted octanol–water partition coefficient (Wildman–Crippen LogP) is 1.10. The zero-order valence-corrected chi connectivity index (χ0v) is 8.99. The Bertz CT molecular complexity index is 467. The smallest absolute Gasteiger partial charge is 0.152 e. The predicted molar refractivity (Wildman–Crippen MR) is 59.7 cm³/mol. The van der Waals surface area contributed by atoms with Gasteiger partial charge in [-0.3, -0.25) is 0 Å². The van der Waals surface area contributed by atoms with Crippen LogP contribution in [-0.2, 0) is 6.42 Å². The van der Waals surface area contributed by atoms with Gasteiger partial charge in [0, 0.05) is 13.0 Å². The molecule has 0 saturated carbocycles. The maximum Gasteiger partial charge on any atom is 0.152 e. The number of aromatic nitrogens is 3. The number of hydrogen-bond acceptors (Lipinski definition) is 4. The van der Waals surface area contributed by atoms with Gasteiger partial charge in [0.25, 0.3) is 0 Å². The molecule has 1 aromatic carbocycles. The number of benzene rings is 1. The van der Waals surface area contributed by atoms with Crippen LogP contribution in [0.15, 0.2) is 18.2 Å². The van der Waals surface area contributed by atoms with Crippen LogP contribution in [0.5, 0.6) is 0 Å². The van der Waals surface area contributed by atoms with Crippen LogP contribution in [0.3, 0.4) is 0 Å². The minimum atomic E-state index is 0.794. The van der Waals surface area contributed by atoms with Gasteiger partial charge in [0.1, 0.15) is 5.52 Å². The van der Waals surface area contributed by atoms with Gasteiger partial charge in [0.15, 0.2) is 5.82 Å². The SMILES string of the molecule is CNCCc1nnc2c(C)cccc2n1. The van der Waals surface area contributed by atoms with E-state index in [1.807, 2.05) is 32.2 Å². The van der Waals surface area contributed by atoms with Gasteiger partial charge in [0.2, 0.25) is 0 Å². The third kappa shape index (κ3) is 2.10. The lowest BCUT2D eigenvalue weighted by Crippen LogP contribution is -2.12. The molecule has 78 valence electrons. The third-order valence-electron chi connectivity index (χ3n) is 2.33. The molecule has 0 aliphatic heterocycles. The lowest BCUT2D eigenvalue weighted by molar-refractivity contribution is 0.743. The molecule has 1 N–H and O–H groups in total. The molecule has 0 spiro atoms. The van der Waals surface area contributed by atoms with Gasteiger partial charge in [-0.15, -0.1) is 10.2 Å². The quantitative estimate of drug-likeness (QED) is 0.809. The highest BCUT2D eigenvalue weighted by atomic mass is 15.2. The number of aryl methyl sites for hydroxylation is 1. The number of fused-ring (bicyclic) bond motifs is 1. The average molecular weight is 202 g/mol.